The van der Waals surface area contributed by atoms with Crippen LogP contribution in [-0.2, 0) is 10.0 Å². The van der Waals surface area contributed by atoms with Gasteiger partial charge in [0.25, 0.3) is 0 Å². The molecular weight excluding hydrogens is 206 g/mol. The highest BCUT2D eigenvalue weighted by Gasteiger charge is 2.12. The van der Waals surface area contributed by atoms with E-state index < -0.39 is 10.0 Å². The predicted octanol–water partition coefficient (Wildman–Crippen LogP) is 1.45. The largest absolute Gasteiger partial charge is 0.239 e. The Morgan fingerprint density at radius 1 is 1.38 bits per heavy atom. The van der Waals surface area contributed by atoms with Crippen LogP contribution in [0, 0.1) is 0 Å². The minimum absolute atomic E-state index is 0.210. The maximum absolute atomic E-state index is 11.1. The predicted molar refractivity (Wildman–Crippen MR) is 54.2 cm³/mol. The Kier molecular flexibility index (Phi) is 3.35. The van der Waals surface area contributed by atoms with Crippen LogP contribution < -0.4 is 5.14 Å². The molecular formula is C8H11NO2S2. The maximum atomic E-state index is 11.1. The van der Waals surface area contributed by atoms with Gasteiger partial charge in [0.05, 0.1) is 4.90 Å². The van der Waals surface area contributed by atoms with Crippen molar-refractivity contribution < 1.29 is 8.42 Å². The SMILES string of the molecule is CCSc1ccccc1S(N)(=O)=O. The Morgan fingerprint density at radius 3 is 2.54 bits per heavy atom. The quantitative estimate of drug-likeness (QED) is 0.779. The molecule has 72 valence electrons. The van der Waals surface area contributed by atoms with E-state index in [-0.39, 0.29) is 4.90 Å². The molecule has 13 heavy (non-hydrogen) atoms. The second-order valence-electron chi connectivity index (χ2n) is 2.42. The summed E-state index contributed by atoms with van der Waals surface area (Å²) in [7, 11) is -3.58. The first-order chi connectivity index (χ1) is 6.05. The van der Waals surface area contributed by atoms with Gasteiger partial charge in [-0.15, -0.1) is 11.8 Å². The van der Waals surface area contributed by atoms with Gasteiger partial charge >= 0.3 is 0 Å². The molecule has 0 saturated heterocycles. The monoisotopic (exact) mass is 217 g/mol. The Morgan fingerprint density at radius 2 is 2.00 bits per heavy atom. The van der Waals surface area contributed by atoms with Crippen LogP contribution in [0.3, 0.4) is 0 Å². The Labute approximate surface area is 82.4 Å². The smallest absolute Gasteiger partial charge is 0.225 e. The lowest BCUT2D eigenvalue weighted by atomic mass is 10.4. The molecule has 0 saturated carbocycles. The summed E-state index contributed by atoms with van der Waals surface area (Å²) in [5, 5.41) is 5.05. The van der Waals surface area contributed by atoms with Gasteiger partial charge in [0, 0.05) is 4.90 Å². The third-order valence-electron chi connectivity index (χ3n) is 1.46. The zero-order chi connectivity index (χ0) is 9.90. The van der Waals surface area contributed by atoms with Gasteiger partial charge < -0.3 is 0 Å². The van der Waals surface area contributed by atoms with Crippen molar-refractivity contribution >= 4 is 21.8 Å². The molecule has 0 aliphatic rings. The zero-order valence-corrected chi connectivity index (χ0v) is 8.86. The van der Waals surface area contributed by atoms with Gasteiger partial charge in [-0.3, -0.25) is 0 Å². The molecule has 0 aromatic heterocycles. The van der Waals surface area contributed by atoms with Gasteiger partial charge in [-0.25, -0.2) is 13.6 Å². The molecule has 2 N–H and O–H groups in total. The van der Waals surface area contributed by atoms with E-state index in [1.165, 1.54) is 17.8 Å². The second kappa shape index (κ2) is 4.13. The van der Waals surface area contributed by atoms with Crippen molar-refractivity contribution in [3.05, 3.63) is 24.3 Å². The zero-order valence-electron chi connectivity index (χ0n) is 7.23. The maximum Gasteiger partial charge on any atom is 0.239 e. The minimum Gasteiger partial charge on any atom is -0.225 e. The van der Waals surface area contributed by atoms with E-state index in [1.54, 1.807) is 18.2 Å². The average molecular weight is 217 g/mol. The molecule has 0 radical (unpaired) electrons. The summed E-state index contributed by atoms with van der Waals surface area (Å²) >= 11 is 1.47. The molecule has 0 unspecified atom stereocenters. The second-order valence-corrected chi connectivity index (χ2v) is 5.26. The van der Waals surface area contributed by atoms with E-state index in [4.69, 9.17) is 5.14 Å². The molecule has 1 aromatic rings. The van der Waals surface area contributed by atoms with Gasteiger partial charge in [0.15, 0.2) is 0 Å². The standard InChI is InChI=1S/C8H11NO2S2/c1-2-12-7-5-3-4-6-8(7)13(9,10)11/h3-6H,2H2,1H3,(H2,9,10,11). The van der Waals surface area contributed by atoms with Crippen LogP contribution in [0.5, 0.6) is 0 Å². The van der Waals surface area contributed by atoms with Gasteiger partial charge in [-0.05, 0) is 17.9 Å². The van der Waals surface area contributed by atoms with E-state index in [2.05, 4.69) is 0 Å². The number of thioether (sulfide) groups is 1. The first-order valence-corrected chi connectivity index (χ1v) is 6.33. The summed E-state index contributed by atoms with van der Waals surface area (Å²) < 4.78 is 22.2. The summed E-state index contributed by atoms with van der Waals surface area (Å²) in [5.74, 6) is 0.826. The highest BCUT2D eigenvalue weighted by molar-refractivity contribution is 8.00. The van der Waals surface area contributed by atoms with Crippen LogP contribution >= 0.6 is 11.8 Å². The lowest BCUT2D eigenvalue weighted by Crippen LogP contribution is -2.13. The van der Waals surface area contributed by atoms with Crippen molar-refractivity contribution in [2.24, 2.45) is 5.14 Å². The number of rotatable bonds is 3. The number of hydrogen-bond donors (Lipinski definition) is 1. The lowest BCUT2D eigenvalue weighted by Gasteiger charge is -2.04. The molecule has 0 aliphatic carbocycles. The first-order valence-electron chi connectivity index (χ1n) is 3.80. The molecule has 1 aromatic carbocycles. The summed E-state index contributed by atoms with van der Waals surface area (Å²) in [4.78, 5) is 0.925. The molecule has 0 aliphatic heterocycles. The molecule has 0 amide bonds. The van der Waals surface area contributed by atoms with E-state index >= 15 is 0 Å². The molecule has 1 rings (SSSR count). The van der Waals surface area contributed by atoms with Crippen LogP contribution in [-0.4, -0.2) is 14.2 Å². The number of benzene rings is 1. The Balaban J connectivity index is 3.20. The van der Waals surface area contributed by atoms with E-state index in [0.29, 0.717) is 4.90 Å². The van der Waals surface area contributed by atoms with E-state index in [1.807, 2.05) is 6.92 Å². The summed E-state index contributed by atoms with van der Waals surface area (Å²) in [5.41, 5.74) is 0. The van der Waals surface area contributed by atoms with E-state index in [0.717, 1.165) is 5.75 Å². The van der Waals surface area contributed by atoms with Crippen LogP contribution in [0.1, 0.15) is 6.92 Å². The third-order valence-corrected chi connectivity index (χ3v) is 3.51. The van der Waals surface area contributed by atoms with Crippen molar-refractivity contribution in [2.45, 2.75) is 16.7 Å². The first kappa shape index (κ1) is 10.6. The molecule has 0 bridgehead atoms. The minimum atomic E-state index is -3.58. The van der Waals surface area contributed by atoms with Crippen molar-refractivity contribution in [1.82, 2.24) is 0 Å². The van der Waals surface area contributed by atoms with Crippen LogP contribution in [0.15, 0.2) is 34.1 Å². The number of primary sulfonamides is 1. The van der Waals surface area contributed by atoms with Crippen molar-refractivity contribution in [2.75, 3.05) is 5.75 Å². The molecule has 3 nitrogen and oxygen atoms in total. The molecule has 0 heterocycles. The highest BCUT2D eigenvalue weighted by atomic mass is 32.2. The number of sulfonamides is 1. The summed E-state index contributed by atoms with van der Waals surface area (Å²) in [6, 6.07) is 6.74. The molecule has 0 fully saturated rings. The van der Waals surface area contributed by atoms with Crippen molar-refractivity contribution in [1.29, 1.82) is 0 Å². The van der Waals surface area contributed by atoms with E-state index in [9.17, 15) is 8.42 Å². The van der Waals surface area contributed by atoms with Gasteiger partial charge in [0.2, 0.25) is 10.0 Å². The highest BCUT2D eigenvalue weighted by Crippen LogP contribution is 2.24. The third kappa shape index (κ3) is 2.72. The summed E-state index contributed by atoms with van der Waals surface area (Å²) in [6.45, 7) is 1.96. The normalized spacial score (nSPS) is 11.5. The topological polar surface area (TPSA) is 60.2 Å². The fourth-order valence-corrected chi connectivity index (χ4v) is 2.80. The van der Waals surface area contributed by atoms with Gasteiger partial charge in [-0.2, -0.15) is 0 Å². The Hall–Kier alpha value is -0.520. The van der Waals surface area contributed by atoms with Gasteiger partial charge in [0.1, 0.15) is 0 Å². The average Bonchev–Trinajstić information content (AvgIpc) is 2.04. The fraction of sp³-hybridized carbons (Fsp3) is 0.250. The van der Waals surface area contributed by atoms with Crippen molar-refractivity contribution in [3.8, 4) is 0 Å². The number of nitrogens with two attached hydrogens (primary N) is 1. The molecule has 0 spiro atoms. The van der Waals surface area contributed by atoms with Gasteiger partial charge in [-0.1, -0.05) is 19.1 Å². The van der Waals surface area contributed by atoms with Crippen LogP contribution in [0.25, 0.3) is 0 Å². The fourth-order valence-electron chi connectivity index (χ4n) is 0.960. The number of hydrogen-bond acceptors (Lipinski definition) is 3. The molecule has 5 heteroatoms. The Bertz CT molecular complexity index is 387. The van der Waals surface area contributed by atoms with Crippen LogP contribution in [0.4, 0.5) is 0 Å². The summed E-state index contributed by atoms with van der Waals surface area (Å²) in [6.07, 6.45) is 0. The van der Waals surface area contributed by atoms with Crippen molar-refractivity contribution in [3.63, 3.8) is 0 Å². The van der Waals surface area contributed by atoms with Crippen LogP contribution in [0.2, 0.25) is 0 Å². The lowest BCUT2D eigenvalue weighted by molar-refractivity contribution is 0.596. The molecule has 0 atom stereocenters.